The largest absolute Gasteiger partial charge is 0.338 e. The molecule has 0 bridgehead atoms. The zero-order valence-corrected chi connectivity index (χ0v) is 9.74. The lowest BCUT2D eigenvalue weighted by Gasteiger charge is -2.18. The number of aromatic nitrogens is 2. The van der Waals surface area contributed by atoms with E-state index in [-0.39, 0.29) is 0 Å². The van der Waals surface area contributed by atoms with Crippen LogP contribution >= 0.6 is 0 Å². The third-order valence-corrected chi connectivity index (χ3v) is 3.69. The minimum Gasteiger partial charge on any atom is -0.338 e. The molecule has 1 saturated carbocycles. The Kier molecular flexibility index (Phi) is 3.41. The summed E-state index contributed by atoms with van der Waals surface area (Å²) in [6.45, 7) is 0. The Balaban J connectivity index is 1.85. The van der Waals surface area contributed by atoms with Crippen LogP contribution in [0, 0.1) is 5.92 Å². The van der Waals surface area contributed by atoms with Gasteiger partial charge in [-0.1, -0.05) is 6.42 Å². The molecular formula is C12H21N3. The number of rotatable bonds is 4. The molecule has 0 radical (unpaired) electrons. The molecule has 2 unspecified atom stereocenters. The SMILES string of the molecule is CNC1CCCC1CCc1nccn1C. The highest BCUT2D eigenvalue weighted by Gasteiger charge is 2.25. The number of imidazole rings is 1. The van der Waals surface area contributed by atoms with E-state index in [1.54, 1.807) is 0 Å². The first-order chi connectivity index (χ1) is 7.31. The molecule has 1 N–H and O–H groups in total. The summed E-state index contributed by atoms with van der Waals surface area (Å²) in [7, 11) is 4.16. The van der Waals surface area contributed by atoms with Crippen molar-refractivity contribution in [3.8, 4) is 0 Å². The number of hydrogen-bond acceptors (Lipinski definition) is 2. The monoisotopic (exact) mass is 207 g/mol. The van der Waals surface area contributed by atoms with E-state index in [2.05, 4.69) is 29.0 Å². The van der Waals surface area contributed by atoms with E-state index in [4.69, 9.17) is 0 Å². The molecule has 3 nitrogen and oxygen atoms in total. The van der Waals surface area contributed by atoms with E-state index in [9.17, 15) is 0 Å². The lowest BCUT2D eigenvalue weighted by Crippen LogP contribution is -2.29. The molecule has 3 heteroatoms. The smallest absolute Gasteiger partial charge is 0.108 e. The van der Waals surface area contributed by atoms with E-state index in [0.717, 1.165) is 18.4 Å². The van der Waals surface area contributed by atoms with Crippen LogP contribution in [0.15, 0.2) is 12.4 Å². The second-order valence-electron chi connectivity index (χ2n) is 4.58. The first-order valence-electron chi connectivity index (χ1n) is 5.94. The molecule has 0 amide bonds. The first kappa shape index (κ1) is 10.7. The van der Waals surface area contributed by atoms with Gasteiger partial charge in [0.05, 0.1) is 0 Å². The second kappa shape index (κ2) is 4.79. The van der Waals surface area contributed by atoms with Crippen molar-refractivity contribution in [2.24, 2.45) is 13.0 Å². The number of aryl methyl sites for hydroxylation is 2. The van der Waals surface area contributed by atoms with Crippen molar-refractivity contribution in [2.75, 3.05) is 7.05 Å². The minimum absolute atomic E-state index is 0.741. The molecule has 1 fully saturated rings. The summed E-state index contributed by atoms with van der Waals surface area (Å²) in [4.78, 5) is 4.37. The van der Waals surface area contributed by atoms with Gasteiger partial charge in [-0.3, -0.25) is 0 Å². The van der Waals surface area contributed by atoms with Gasteiger partial charge in [0.15, 0.2) is 0 Å². The van der Waals surface area contributed by atoms with Crippen molar-refractivity contribution in [1.82, 2.24) is 14.9 Å². The van der Waals surface area contributed by atoms with Gasteiger partial charge in [0.2, 0.25) is 0 Å². The average Bonchev–Trinajstić information content (AvgIpc) is 2.83. The predicted octanol–water partition coefficient (Wildman–Crippen LogP) is 1.74. The highest BCUT2D eigenvalue weighted by atomic mass is 15.0. The molecule has 0 saturated heterocycles. The topological polar surface area (TPSA) is 29.9 Å². The second-order valence-corrected chi connectivity index (χ2v) is 4.58. The molecule has 1 aliphatic carbocycles. The van der Waals surface area contributed by atoms with Crippen molar-refractivity contribution in [3.63, 3.8) is 0 Å². The summed E-state index contributed by atoms with van der Waals surface area (Å²) in [5, 5.41) is 3.43. The molecule has 2 atom stereocenters. The zero-order chi connectivity index (χ0) is 10.7. The summed E-state index contributed by atoms with van der Waals surface area (Å²) in [6, 6.07) is 0.741. The summed E-state index contributed by atoms with van der Waals surface area (Å²) < 4.78 is 2.13. The fourth-order valence-electron chi connectivity index (χ4n) is 2.71. The Labute approximate surface area is 91.9 Å². The highest BCUT2D eigenvalue weighted by Crippen LogP contribution is 2.28. The summed E-state index contributed by atoms with van der Waals surface area (Å²) in [5.41, 5.74) is 0. The molecule has 84 valence electrons. The van der Waals surface area contributed by atoms with Crippen molar-refractivity contribution >= 4 is 0 Å². The Morgan fingerprint density at radius 2 is 2.40 bits per heavy atom. The molecule has 15 heavy (non-hydrogen) atoms. The van der Waals surface area contributed by atoms with Gasteiger partial charge in [-0.15, -0.1) is 0 Å². The third kappa shape index (κ3) is 2.40. The van der Waals surface area contributed by atoms with Crippen LogP contribution in [0.25, 0.3) is 0 Å². The van der Waals surface area contributed by atoms with Crippen LogP contribution in [0.1, 0.15) is 31.5 Å². The maximum absolute atomic E-state index is 4.37. The van der Waals surface area contributed by atoms with E-state index in [0.29, 0.717) is 0 Å². The standard InChI is InChI=1S/C12H21N3/c1-13-11-5-3-4-10(11)6-7-12-14-8-9-15(12)2/h8-11,13H,3-7H2,1-2H3. The fraction of sp³-hybridized carbons (Fsp3) is 0.750. The van der Waals surface area contributed by atoms with Gasteiger partial charge >= 0.3 is 0 Å². The van der Waals surface area contributed by atoms with Crippen LogP contribution in [0.2, 0.25) is 0 Å². The Hall–Kier alpha value is -0.830. The van der Waals surface area contributed by atoms with Crippen molar-refractivity contribution in [3.05, 3.63) is 18.2 Å². The maximum Gasteiger partial charge on any atom is 0.108 e. The normalized spacial score (nSPS) is 26.0. The van der Waals surface area contributed by atoms with Crippen molar-refractivity contribution < 1.29 is 0 Å². The van der Waals surface area contributed by atoms with E-state index in [1.165, 1.54) is 31.5 Å². The predicted molar refractivity (Wildman–Crippen MR) is 61.7 cm³/mol. The molecule has 0 aliphatic heterocycles. The lowest BCUT2D eigenvalue weighted by molar-refractivity contribution is 0.396. The summed E-state index contributed by atoms with van der Waals surface area (Å²) in [5.74, 6) is 2.07. The van der Waals surface area contributed by atoms with Gasteiger partial charge in [-0.25, -0.2) is 4.98 Å². The van der Waals surface area contributed by atoms with Gasteiger partial charge in [0.25, 0.3) is 0 Å². The summed E-state index contributed by atoms with van der Waals surface area (Å²) >= 11 is 0. The molecule has 0 aromatic carbocycles. The molecule has 1 aromatic heterocycles. The fourth-order valence-corrected chi connectivity index (χ4v) is 2.71. The van der Waals surface area contributed by atoms with E-state index < -0.39 is 0 Å². The Bertz CT molecular complexity index is 306. The van der Waals surface area contributed by atoms with E-state index in [1.807, 2.05) is 12.4 Å². The maximum atomic E-state index is 4.37. The van der Waals surface area contributed by atoms with Crippen LogP contribution in [-0.4, -0.2) is 22.6 Å². The van der Waals surface area contributed by atoms with Gasteiger partial charge < -0.3 is 9.88 Å². The molecular weight excluding hydrogens is 186 g/mol. The molecule has 0 spiro atoms. The quantitative estimate of drug-likeness (QED) is 0.815. The first-order valence-corrected chi connectivity index (χ1v) is 5.94. The third-order valence-electron chi connectivity index (χ3n) is 3.69. The van der Waals surface area contributed by atoms with Crippen molar-refractivity contribution in [2.45, 2.75) is 38.1 Å². The van der Waals surface area contributed by atoms with Crippen LogP contribution in [-0.2, 0) is 13.5 Å². The van der Waals surface area contributed by atoms with Crippen LogP contribution in [0.4, 0.5) is 0 Å². The van der Waals surface area contributed by atoms with Gasteiger partial charge in [0, 0.05) is 31.9 Å². The molecule has 1 heterocycles. The Morgan fingerprint density at radius 3 is 3.07 bits per heavy atom. The van der Waals surface area contributed by atoms with Crippen LogP contribution < -0.4 is 5.32 Å². The van der Waals surface area contributed by atoms with Gasteiger partial charge in [-0.2, -0.15) is 0 Å². The zero-order valence-electron chi connectivity index (χ0n) is 9.74. The lowest BCUT2D eigenvalue weighted by atomic mass is 9.97. The average molecular weight is 207 g/mol. The highest BCUT2D eigenvalue weighted by molar-refractivity contribution is 4.93. The molecule has 1 aromatic rings. The molecule has 1 aliphatic rings. The van der Waals surface area contributed by atoms with E-state index >= 15 is 0 Å². The number of hydrogen-bond donors (Lipinski definition) is 1. The number of nitrogens with one attached hydrogen (secondary N) is 1. The van der Waals surface area contributed by atoms with Crippen molar-refractivity contribution in [1.29, 1.82) is 0 Å². The molecule has 2 rings (SSSR count). The van der Waals surface area contributed by atoms with Crippen LogP contribution in [0.3, 0.4) is 0 Å². The van der Waals surface area contributed by atoms with Gasteiger partial charge in [-0.05, 0) is 32.2 Å². The summed E-state index contributed by atoms with van der Waals surface area (Å²) in [6.07, 6.45) is 10.4. The minimum atomic E-state index is 0.741. The number of nitrogens with zero attached hydrogens (tertiary/aromatic N) is 2. The van der Waals surface area contributed by atoms with Crippen LogP contribution in [0.5, 0.6) is 0 Å². The van der Waals surface area contributed by atoms with Gasteiger partial charge in [0.1, 0.15) is 5.82 Å². The Morgan fingerprint density at radius 1 is 1.53 bits per heavy atom.